The predicted octanol–water partition coefficient (Wildman–Crippen LogP) is 0.901. The quantitative estimate of drug-likeness (QED) is 0.607. The smallest absolute Gasteiger partial charge is 0.0612 e. The van der Waals surface area contributed by atoms with Crippen LogP contribution in [0.15, 0.2) is 0 Å². The van der Waals surface area contributed by atoms with Gasteiger partial charge in [-0.1, -0.05) is 0 Å². The van der Waals surface area contributed by atoms with Gasteiger partial charge in [0.15, 0.2) is 0 Å². The van der Waals surface area contributed by atoms with Gasteiger partial charge >= 0.3 is 0 Å². The molecule has 1 saturated carbocycles. The van der Waals surface area contributed by atoms with Crippen LogP contribution in [0.3, 0.4) is 0 Å². The lowest BCUT2D eigenvalue weighted by atomic mass is 9.85. The van der Waals surface area contributed by atoms with E-state index in [9.17, 15) is 0 Å². The highest BCUT2D eigenvalue weighted by Gasteiger charge is 2.51. The van der Waals surface area contributed by atoms with E-state index >= 15 is 0 Å². The van der Waals surface area contributed by atoms with Crippen LogP contribution in [-0.4, -0.2) is 18.2 Å². The molecule has 3 rings (SSSR count). The topological polar surface area (TPSA) is 35.2 Å². The van der Waals surface area contributed by atoms with Crippen molar-refractivity contribution in [3.8, 4) is 0 Å². The molecule has 11 heavy (non-hydrogen) atoms. The number of nitrogens with two attached hydrogens (primary N) is 1. The van der Waals surface area contributed by atoms with Gasteiger partial charge < -0.3 is 10.5 Å². The summed E-state index contributed by atoms with van der Waals surface area (Å²) in [5.41, 5.74) is 5.82. The minimum absolute atomic E-state index is 0.517. The van der Waals surface area contributed by atoms with Crippen LogP contribution in [0.2, 0.25) is 0 Å². The fourth-order valence-electron chi connectivity index (χ4n) is 2.86. The van der Waals surface area contributed by atoms with Gasteiger partial charge in [-0.15, -0.1) is 0 Å². The molecule has 2 aliphatic heterocycles. The Hall–Kier alpha value is -0.0800. The first-order chi connectivity index (χ1) is 5.34. The van der Waals surface area contributed by atoms with Crippen LogP contribution in [-0.2, 0) is 4.74 Å². The molecule has 2 N–H and O–H groups in total. The van der Waals surface area contributed by atoms with Gasteiger partial charge in [0.25, 0.3) is 0 Å². The number of rotatable bonds is 1. The second-order valence-corrected chi connectivity index (χ2v) is 4.34. The Morgan fingerprint density at radius 2 is 1.91 bits per heavy atom. The van der Waals surface area contributed by atoms with Crippen molar-refractivity contribution in [2.75, 3.05) is 0 Å². The lowest BCUT2D eigenvalue weighted by molar-refractivity contribution is 0.0890. The molecule has 2 heterocycles. The van der Waals surface area contributed by atoms with Gasteiger partial charge in [-0.25, -0.2) is 0 Å². The molecule has 2 saturated heterocycles. The first kappa shape index (κ1) is 6.44. The van der Waals surface area contributed by atoms with Crippen LogP contribution in [0.25, 0.3) is 0 Å². The van der Waals surface area contributed by atoms with Gasteiger partial charge in [-0.2, -0.15) is 0 Å². The fraction of sp³-hybridized carbons (Fsp3) is 1.00. The summed E-state index contributed by atoms with van der Waals surface area (Å²) in [5.74, 6) is 1.66. The maximum Gasteiger partial charge on any atom is 0.0612 e. The van der Waals surface area contributed by atoms with Crippen molar-refractivity contribution in [2.24, 2.45) is 17.6 Å². The highest BCUT2D eigenvalue weighted by molar-refractivity contribution is 5.02. The van der Waals surface area contributed by atoms with Crippen LogP contribution < -0.4 is 5.73 Å². The summed E-state index contributed by atoms with van der Waals surface area (Å²) in [6.45, 7) is 0. The van der Waals surface area contributed by atoms with Crippen LogP contribution >= 0.6 is 0 Å². The molecular weight excluding hydrogens is 138 g/mol. The Bertz CT molecular complexity index is 182. The average molecular weight is 153 g/mol. The van der Waals surface area contributed by atoms with Crippen molar-refractivity contribution < 1.29 is 4.74 Å². The van der Waals surface area contributed by atoms with Gasteiger partial charge in [0, 0.05) is 6.04 Å². The van der Waals surface area contributed by atoms with Crippen molar-refractivity contribution in [3.05, 3.63) is 0 Å². The van der Waals surface area contributed by atoms with E-state index in [-0.39, 0.29) is 0 Å². The Kier molecular flexibility index (Phi) is 1.16. The van der Waals surface area contributed by atoms with Gasteiger partial charge in [-0.05, 0) is 37.5 Å². The van der Waals surface area contributed by atoms with Crippen LogP contribution in [0.5, 0.6) is 0 Å². The lowest BCUT2D eigenvalue weighted by Crippen LogP contribution is -2.21. The van der Waals surface area contributed by atoms with Crippen LogP contribution in [0, 0.1) is 11.8 Å². The molecule has 3 fully saturated rings. The molecule has 1 aliphatic carbocycles. The van der Waals surface area contributed by atoms with E-state index in [0.29, 0.717) is 18.2 Å². The average Bonchev–Trinajstić information content (AvgIpc) is 2.52. The molecule has 62 valence electrons. The molecule has 0 amide bonds. The second-order valence-electron chi connectivity index (χ2n) is 4.34. The van der Waals surface area contributed by atoms with Crippen LogP contribution in [0.1, 0.15) is 25.7 Å². The molecule has 0 radical (unpaired) electrons. The van der Waals surface area contributed by atoms with Crippen molar-refractivity contribution >= 4 is 0 Å². The molecule has 0 aromatic rings. The molecule has 2 heteroatoms. The third-order valence-electron chi connectivity index (χ3n) is 3.59. The third-order valence-corrected chi connectivity index (χ3v) is 3.59. The molecule has 5 atom stereocenters. The zero-order valence-corrected chi connectivity index (χ0v) is 6.70. The summed E-state index contributed by atoms with van der Waals surface area (Å²) in [6, 6.07) is 0.517. The zero-order chi connectivity index (χ0) is 7.42. The highest BCUT2D eigenvalue weighted by Crippen LogP contribution is 2.49. The monoisotopic (exact) mass is 153 g/mol. The van der Waals surface area contributed by atoms with E-state index in [4.69, 9.17) is 10.5 Å². The molecule has 2 bridgehead atoms. The van der Waals surface area contributed by atoms with Crippen molar-refractivity contribution in [1.29, 1.82) is 0 Å². The Morgan fingerprint density at radius 1 is 1.09 bits per heavy atom. The highest BCUT2D eigenvalue weighted by atomic mass is 16.5. The Balaban J connectivity index is 1.72. The zero-order valence-electron chi connectivity index (χ0n) is 6.70. The van der Waals surface area contributed by atoms with E-state index < -0.39 is 0 Å². The molecule has 3 unspecified atom stereocenters. The summed E-state index contributed by atoms with van der Waals surface area (Å²) in [4.78, 5) is 0. The molecule has 0 aromatic heterocycles. The first-order valence-electron chi connectivity index (χ1n) is 4.75. The number of ether oxygens (including phenoxy) is 1. The lowest BCUT2D eigenvalue weighted by Gasteiger charge is -2.17. The first-order valence-corrected chi connectivity index (χ1v) is 4.75. The van der Waals surface area contributed by atoms with E-state index in [0.717, 1.165) is 11.8 Å². The van der Waals surface area contributed by atoms with Gasteiger partial charge in [0.05, 0.1) is 12.2 Å². The largest absolute Gasteiger partial charge is 0.375 e. The van der Waals surface area contributed by atoms with E-state index in [2.05, 4.69) is 0 Å². The number of hydrogen-bond donors (Lipinski definition) is 1. The maximum atomic E-state index is 5.82. The van der Waals surface area contributed by atoms with E-state index in [1.165, 1.54) is 25.7 Å². The summed E-state index contributed by atoms with van der Waals surface area (Å²) in [6.07, 6.45) is 6.39. The standard InChI is InChI=1S/C9H15NO/c10-8-4-6(8)7-3-5-1-2-9(7)11-5/h5-9H,1-4,10H2/t5?,6-,7?,8+,9?/m0/s1. The number of hydrogen-bond acceptors (Lipinski definition) is 2. The van der Waals surface area contributed by atoms with Crippen molar-refractivity contribution in [1.82, 2.24) is 0 Å². The second kappa shape index (κ2) is 1.99. The molecule has 0 spiro atoms. The van der Waals surface area contributed by atoms with Gasteiger partial charge in [0.1, 0.15) is 0 Å². The van der Waals surface area contributed by atoms with Gasteiger partial charge in [0.2, 0.25) is 0 Å². The van der Waals surface area contributed by atoms with Gasteiger partial charge in [-0.3, -0.25) is 0 Å². The summed E-state index contributed by atoms with van der Waals surface area (Å²) < 4.78 is 5.78. The molecule has 3 aliphatic rings. The SMILES string of the molecule is N[C@@H]1C[C@H]1C1CC2CCC1O2. The molecular formula is C9H15NO. The third kappa shape index (κ3) is 0.859. The summed E-state index contributed by atoms with van der Waals surface area (Å²) >= 11 is 0. The fourth-order valence-corrected chi connectivity index (χ4v) is 2.86. The minimum atomic E-state index is 0.517. The maximum absolute atomic E-state index is 5.82. The summed E-state index contributed by atoms with van der Waals surface area (Å²) in [7, 11) is 0. The molecule has 2 nitrogen and oxygen atoms in total. The van der Waals surface area contributed by atoms with E-state index in [1.807, 2.05) is 0 Å². The normalized spacial score (nSPS) is 60.3. The summed E-state index contributed by atoms with van der Waals surface area (Å²) in [5, 5.41) is 0. The van der Waals surface area contributed by atoms with Crippen molar-refractivity contribution in [3.63, 3.8) is 0 Å². The van der Waals surface area contributed by atoms with Crippen LogP contribution in [0.4, 0.5) is 0 Å². The molecule has 0 aromatic carbocycles. The Labute approximate surface area is 67.1 Å². The Morgan fingerprint density at radius 3 is 2.36 bits per heavy atom. The predicted molar refractivity (Wildman–Crippen MR) is 42.1 cm³/mol. The minimum Gasteiger partial charge on any atom is -0.375 e. The van der Waals surface area contributed by atoms with E-state index in [1.54, 1.807) is 0 Å². The number of fused-ring (bicyclic) bond motifs is 2. The van der Waals surface area contributed by atoms with Crippen molar-refractivity contribution in [2.45, 2.75) is 43.9 Å².